The van der Waals surface area contributed by atoms with Crippen molar-refractivity contribution in [2.45, 2.75) is 25.1 Å². The highest BCUT2D eigenvalue weighted by Crippen LogP contribution is 2.42. The molecule has 10 nitrogen and oxygen atoms in total. The van der Waals surface area contributed by atoms with E-state index in [2.05, 4.69) is 19.0 Å². The molecule has 0 radical (unpaired) electrons. The minimum absolute atomic E-state index is 0.0244. The van der Waals surface area contributed by atoms with Crippen molar-refractivity contribution in [1.29, 1.82) is 0 Å². The van der Waals surface area contributed by atoms with Crippen molar-refractivity contribution in [3.05, 3.63) is 43.4 Å². The van der Waals surface area contributed by atoms with Crippen LogP contribution < -0.4 is 4.74 Å². The highest BCUT2D eigenvalue weighted by atomic mass is 35.5. The maximum atomic E-state index is 13.4. The van der Waals surface area contributed by atoms with Crippen molar-refractivity contribution in [1.82, 2.24) is 0 Å². The van der Waals surface area contributed by atoms with Crippen LogP contribution in [0, 0.1) is 10.1 Å². The molecule has 0 unspecified atom stereocenters. The number of rotatable bonds is 9. The van der Waals surface area contributed by atoms with E-state index in [4.69, 9.17) is 27.9 Å². The van der Waals surface area contributed by atoms with Crippen LogP contribution in [-0.4, -0.2) is 49.5 Å². The van der Waals surface area contributed by atoms with E-state index in [1.807, 2.05) is 0 Å². The third-order valence-electron chi connectivity index (χ3n) is 3.72. The molecule has 0 aliphatic carbocycles. The maximum absolute atomic E-state index is 13.4. The lowest BCUT2D eigenvalue weighted by Gasteiger charge is -2.28. The standard InChI is InChI=1S/C17H14Cl2F3NO9/c18-10-5-9-6-11(14(17(20,21)22)32-13(9)12(19)7-10)15(24)29-8-30-16(25)28-3-1-2-4-31-23(26)27/h5-7,14H,1-4,8H2/t14-/m0/s1. The monoisotopic (exact) mass is 503 g/mol. The van der Waals surface area contributed by atoms with Crippen LogP contribution >= 0.6 is 23.2 Å². The lowest BCUT2D eigenvalue weighted by atomic mass is 10.0. The summed E-state index contributed by atoms with van der Waals surface area (Å²) in [5.74, 6) is -1.77. The number of carbonyl (C=O) groups excluding carboxylic acids is 2. The van der Waals surface area contributed by atoms with E-state index in [1.54, 1.807) is 0 Å². The molecule has 1 heterocycles. The Balaban J connectivity index is 1.90. The molecule has 176 valence electrons. The fourth-order valence-corrected chi connectivity index (χ4v) is 2.95. The Morgan fingerprint density at radius 2 is 1.81 bits per heavy atom. The van der Waals surface area contributed by atoms with Gasteiger partial charge in [-0.3, -0.25) is 0 Å². The largest absolute Gasteiger partial charge is 0.511 e. The van der Waals surface area contributed by atoms with Gasteiger partial charge in [-0.2, -0.15) is 13.2 Å². The summed E-state index contributed by atoms with van der Waals surface area (Å²) in [5, 5.41) is 8.89. The molecule has 0 saturated heterocycles. The lowest BCUT2D eigenvalue weighted by Crippen LogP contribution is -2.41. The Morgan fingerprint density at radius 3 is 2.47 bits per heavy atom. The number of hydrogen-bond acceptors (Lipinski definition) is 9. The van der Waals surface area contributed by atoms with Gasteiger partial charge in [-0.15, -0.1) is 10.1 Å². The third-order valence-corrected chi connectivity index (χ3v) is 4.22. The molecule has 0 aromatic heterocycles. The number of esters is 1. The fraction of sp³-hybridized carbons (Fsp3) is 0.412. The number of benzene rings is 1. The molecule has 0 saturated carbocycles. The number of ether oxygens (including phenoxy) is 4. The molecule has 1 aliphatic heterocycles. The summed E-state index contributed by atoms with van der Waals surface area (Å²) in [5.41, 5.74) is -0.887. The zero-order valence-electron chi connectivity index (χ0n) is 15.9. The summed E-state index contributed by atoms with van der Waals surface area (Å²) < 4.78 is 58.6. The zero-order chi connectivity index (χ0) is 23.9. The van der Waals surface area contributed by atoms with Crippen molar-refractivity contribution >= 4 is 41.4 Å². The Labute approximate surface area is 187 Å². The predicted molar refractivity (Wildman–Crippen MR) is 100 cm³/mol. The van der Waals surface area contributed by atoms with Crippen molar-refractivity contribution < 1.29 is 51.6 Å². The summed E-state index contributed by atoms with van der Waals surface area (Å²) in [6.07, 6.45) is -7.63. The van der Waals surface area contributed by atoms with Gasteiger partial charge in [-0.05, 0) is 31.1 Å². The molecule has 1 aromatic carbocycles. The first-order valence-electron chi connectivity index (χ1n) is 8.67. The molecule has 0 spiro atoms. The van der Waals surface area contributed by atoms with Crippen LogP contribution in [0.3, 0.4) is 0 Å². The van der Waals surface area contributed by atoms with Crippen LogP contribution in [0.25, 0.3) is 6.08 Å². The first-order chi connectivity index (χ1) is 15.0. The highest BCUT2D eigenvalue weighted by molar-refractivity contribution is 6.36. The second-order valence-electron chi connectivity index (χ2n) is 6.00. The van der Waals surface area contributed by atoms with Crippen LogP contribution in [-0.2, 0) is 23.8 Å². The van der Waals surface area contributed by atoms with Crippen LogP contribution in [0.1, 0.15) is 18.4 Å². The van der Waals surface area contributed by atoms with Gasteiger partial charge in [0, 0.05) is 10.6 Å². The van der Waals surface area contributed by atoms with Gasteiger partial charge < -0.3 is 23.8 Å². The zero-order valence-corrected chi connectivity index (χ0v) is 17.4. The lowest BCUT2D eigenvalue weighted by molar-refractivity contribution is -0.757. The first kappa shape index (κ1) is 25.3. The predicted octanol–water partition coefficient (Wildman–Crippen LogP) is 4.34. The van der Waals surface area contributed by atoms with E-state index in [-0.39, 0.29) is 47.4 Å². The Hall–Kier alpha value is -2.93. The Kier molecular flexibility index (Phi) is 8.78. The number of unbranched alkanes of at least 4 members (excludes halogenated alkanes) is 1. The number of alkyl halides is 3. The van der Waals surface area contributed by atoms with Gasteiger partial charge in [-0.1, -0.05) is 23.2 Å². The van der Waals surface area contributed by atoms with E-state index < -0.39 is 41.9 Å². The molecule has 0 N–H and O–H groups in total. The fourth-order valence-electron chi connectivity index (χ4n) is 2.40. The molecule has 1 aliphatic rings. The molecule has 1 atom stereocenters. The van der Waals surface area contributed by atoms with Crippen LogP contribution in [0.4, 0.5) is 18.0 Å². The van der Waals surface area contributed by atoms with Crippen molar-refractivity contribution in [3.8, 4) is 5.75 Å². The van der Waals surface area contributed by atoms with Gasteiger partial charge in [0.05, 0.1) is 23.8 Å². The minimum atomic E-state index is -4.98. The highest BCUT2D eigenvalue weighted by Gasteiger charge is 2.49. The molecular weight excluding hydrogens is 490 g/mol. The van der Waals surface area contributed by atoms with Crippen LogP contribution in [0.5, 0.6) is 5.75 Å². The summed E-state index contributed by atoms with van der Waals surface area (Å²) in [7, 11) is 0. The molecule has 32 heavy (non-hydrogen) atoms. The molecule has 1 aromatic rings. The summed E-state index contributed by atoms with van der Waals surface area (Å²) >= 11 is 11.7. The van der Waals surface area contributed by atoms with Gasteiger partial charge in [0.1, 0.15) is 5.75 Å². The van der Waals surface area contributed by atoms with Gasteiger partial charge >= 0.3 is 18.3 Å². The SMILES string of the molecule is O=C(OCCCCO[N+](=O)[O-])OCOC(=O)C1=Cc2cc(Cl)cc(Cl)c2O[C@@H]1C(F)(F)F. The average Bonchev–Trinajstić information content (AvgIpc) is 2.68. The van der Waals surface area contributed by atoms with Crippen molar-refractivity contribution in [2.24, 2.45) is 0 Å². The van der Waals surface area contributed by atoms with E-state index in [0.29, 0.717) is 0 Å². The number of halogens is 5. The molecule has 15 heteroatoms. The van der Waals surface area contributed by atoms with Crippen LogP contribution in [0.15, 0.2) is 17.7 Å². The number of nitrogens with zero attached hydrogens (tertiary/aromatic N) is 1. The maximum Gasteiger partial charge on any atom is 0.511 e. The molecule has 0 fully saturated rings. The van der Waals surface area contributed by atoms with Crippen molar-refractivity contribution in [3.63, 3.8) is 0 Å². The van der Waals surface area contributed by atoms with E-state index >= 15 is 0 Å². The molecule has 2 rings (SSSR count). The second kappa shape index (κ2) is 11.1. The first-order valence-corrected chi connectivity index (χ1v) is 9.42. The van der Waals surface area contributed by atoms with Gasteiger partial charge in [-0.25, -0.2) is 9.59 Å². The normalized spacial score (nSPS) is 15.0. The Morgan fingerprint density at radius 1 is 1.12 bits per heavy atom. The van der Waals surface area contributed by atoms with E-state index in [9.17, 15) is 32.9 Å². The number of carbonyl (C=O) groups is 2. The number of hydrogen-bond donors (Lipinski definition) is 0. The van der Waals surface area contributed by atoms with Gasteiger partial charge in [0.2, 0.25) is 12.9 Å². The Bertz CT molecular complexity index is 908. The van der Waals surface area contributed by atoms with Gasteiger partial charge in [0.25, 0.3) is 5.09 Å². The van der Waals surface area contributed by atoms with E-state index in [1.165, 1.54) is 12.1 Å². The smallest absolute Gasteiger partial charge is 0.474 e. The number of fused-ring (bicyclic) bond motifs is 1. The van der Waals surface area contributed by atoms with E-state index in [0.717, 1.165) is 6.08 Å². The van der Waals surface area contributed by atoms with Crippen LogP contribution in [0.2, 0.25) is 10.0 Å². The summed E-state index contributed by atoms with van der Waals surface area (Å²) in [4.78, 5) is 37.5. The molecular formula is C17H14Cl2F3NO9. The third kappa shape index (κ3) is 7.34. The minimum Gasteiger partial charge on any atom is -0.474 e. The average molecular weight is 504 g/mol. The van der Waals surface area contributed by atoms with Crippen molar-refractivity contribution in [2.75, 3.05) is 20.0 Å². The molecule has 0 amide bonds. The van der Waals surface area contributed by atoms with Gasteiger partial charge in [0.15, 0.2) is 0 Å². The summed E-state index contributed by atoms with van der Waals surface area (Å²) in [6.45, 7) is -1.41. The topological polar surface area (TPSA) is 123 Å². The quantitative estimate of drug-likeness (QED) is 0.159. The molecule has 0 bridgehead atoms. The second-order valence-corrected chi connectivity index (χ2v) is 6.85. The summed E-state index contributed by atoms with van der Waals surface area (Å²) in [6, 6.07) is 2.43.